The summed E-state index contributed by atoms with van der Waals surface area (Å²) in [7, 11) is 0. The first-order valence-corrected chi connectivity index (χ1v) is 4.27. The van der Waals surface area contributed by atoms with Gasteiger partial charge in [-0.1, -0.05) is 12.1 Å². The van der Waals surface area contributed by atoms with Crippen molar-refractivity contribution in [2.75, 3.05) is 0 Å². The smallest absolute Gasteiger partial charge is 0.300 e. The van der Waals surface area contributed by atoms with Gasteiger partial charge in [0.15, 0.2) is 0 Å². The van der Waals surface area contributed by atoms with Gasteiger partial charge >= 0.3 is 6.18 Å². The first-order chi connectivity index (χ1) is 7.45. The Bertz CT molecular complexity index is 450. The fourth-order valence-electron chi connectivity index (χ4n) is 1.06. The SMILES string of the molecule is N#C/C=C\C(=N)c1ccc(C(F)(F)F)cc1. The van der Waals surface area contributed by atoms with E-state index in [0.29, 0.717) is 5.56 Å². The van der Waals surface area contributed by atoms with Crippen LogP contribution >= 0.6 is 0 Å². The molecule has 0 saturated carbocycles. The lowest BCUT2D eigenvalue weighted by molar-refractivity contribution is -0.137. The van der Waals surface area contributed by atoms with Crippen LogP contribution < -0.4 is 0 Å². The van der Waals surface area contributed by atoms with Crippen molar-refractivity contribution >= 4 is 5.71 Å². The first-order valence-electron chi connectivity index (χ1n) is 4.27. The van der Waals surface area contributed by atoms with Crippen molar-refractivity contribution in [3.8, 4) is 6.07 Å². The van der Waals surface area contributed by atoms with Gasteiger partial charge in [0.25, 0.3) is 0 Å². The molecular weight excluding hydrogens is 217 g/mol. The predicted octanol–water partition coefficient (Wildman–Crippen LogP) is 3.15. The second-order valence-electron chi connectivity index (χ2n) is 2.95. The zero-order valence-corrected chi connectivity index (χ0v) is 8.05. The molecule has 0 heterocycles. The molecule has 0 aromatic heterocycles. The Morgan fingerprint density at radius 2 is 1.81 bits per heavy atom. The van der Waals surface area contributed by atoms with Crippen molar-refractivity contribution in [2.45, 2.75) is 6.18 Å². The zero-order chi connectivity index (χ0) is 12.2. The molecule has 0 aliphatic heterocycles. The fraction of sp³-hybridized carbons (Fsp3) is 0.0909. The number of hydrogen-bond donors (Lipinski definition) is 1. The number of hydrogen-bond acceptors (Lipinski definition) is 2. The molecule has 1 N–H and O–H groups in total. The summed E-state index contributed by atoms with van der Waals surface area (Å²) in [4.78, 5) is 0. The Morgan fingerprint density at radius 1 is 1.25 bits per heavy atom. The lowest BCUT2D eigenvalue weighted by Gasteiger charge is -2.06. The van der Waals surface area contributed by atoms with Crippen LogP contribution in [0.1, 0.15) is 11.1 Å². The minimum atomic E-state index is -4.37. The van der Waals surface area contributed by atoms with Gasteiger partial charge in [-0.15, -0.1) is 0 Å². The van der Waals surface area contributed by atoms with E-state index in [0.717, 1.165) is 18.2 Å². The van der Waals surface area contributed by atoms with Gasteiger partial charge in [-0.3, -0.25) is 0 Å². The Labute approximate surface area is 90.1 Å². The van der Waals surface area contributed by atoms with Crippen molar-refractivity contribution in [3.63, 3.8) is 0 Å². The molecule has 5 heteroatoms. The van der Waals surface area contributed by atoms with Crippen LogP contribution in [0.4, 0.5) is 13.2 Å². The van der Waals surface area contributed by atoms with Gasteiger partial charge in [0.2, 0.25) is 0 Å². The van der Waals surface area contributed by atoms with Crippen LogP contribution in [0.15, 0.2) is 36.4 Å². The molecule has 0 spiro atoms. The molecule has 0 atom stereocenters. The van der Waals surface area contributed by atoms with E-state index in [9.17, 15) is 13.2 Å². The van der Waals surface area contributed by atoms with E-state index < -0.39 is 11.7 Å². The summed E-state index contributed by atoms with van der Waals surface area (Å²) in [5, 5.41) is 15.7. The van der Waals surface area contributed by atoms with Crippen molar-refractivity contribution in [2.24, 2.45) is 0 Å². The summed E-state index contributed by atoms with van der Waals surface area (Å²) in [6.07, 6.45) is -2.05. The van der Waals surface area contributed by atoms with Crippen molar-refractivity contribution < 1.29 is 13.2 Å². The Hall–Kier alpha value is -2.09. The molecule has 0 radical (unpaired) electrons. The number of allylic oxidation sites excluding steroid dienone is 2. The molecule has 16 heavy (non-hydrogen) atoms. The number of nitrogens with one attached hydrogen (secondary N) is 1. The number of nitrogens with zero attached hydrogens (tertiary/aromatic N) is 1. The molecule has 0 unspecified atom stereocenters. The molecule has 0 aliphatic rings. The van der Waals surface area contributed by atoms with E-state index in [1.165, 1.54) is 18.2 Å². The summed E-state index contributed by atoms with van der Waals surface area (Å²) in [5.74, 6) is 0. The lowest BCUT2D eigenvalue weighted by atomic mass is 10.1. The van der Waals surface area contributed by atoms with Crippen LogP contribution in [0.2, 0.25) is 0 Å². The molecule has 1 aromatic carbocycles. The maximum atomic E-state index is 12.2. The molecule has 82 valence electrons. The third-order valence-electron chi connectivity index (χ3n) is 1.85. The van der Waals surface area contributed by atoms with Gasteiger partial charge in [-0.2, -0.15) is 18.4 Å². The highest BCUT2D eigenvalue weighted by Crippen LogP contribution is 2.29. The first kappa shape index (κ1) is 12.0. The molecule has 0 saturated heterocycles. The van der Waals surface area contributed by atoms with Crippen LogP contribution in [0, 0.1) is 16.7 Å². The number of nitriles is 1. The van der Waals surface area contributed by atoms with Crippen LogP contribution in [0.25, 0.3) is 0 Å². The van der Waals surface area contributed by atoms with E-state index in [4.69, 9.17) is 10.7 Å². The van der Waals surface area contributed by atoms with E-state index in [1.807, 2.05) is 0 Å². The van der Waals surface area contributed by atoms with E-state index >= 15 is 0 Å². The van der Waals surface area contributed by atoms with Crippen molar-refractivity contribution in [1.29, 1.82) is 10.7 Å². The Kier molecular flexibility index (Phi) is 3.46. The Morgan fingerprint density at radius 3 is 2.25 bits per heavy atom. The molecule has 0 fully saturated rings. The molecule has 1 rings (SSSR count). The highest BCUT2D eigenvalue weighted by molar-refractivity contribution is 6.06. The van der Waals surface area contributed by atoms with Gasteiger partial charge in [-0.25, -0.2) is 0 Å². The van der Waals surface area contributed by atoms with Gasteiger partial charge < -0.3 is 5.41 Å². The minimum Gasteiger partial charge on any atom is -0.300 e. The van der Waals surface area contributed by atoms with E-state index in [-0.39, 0.29) is 5.71 Å². The molecule has 1 aromatic rings. The second kappa shape index (κ2) is 4.62. The number of benzene rings is 1. The highest BCUT2D eigenvalue weighted by atomic mass is 19.4. The summed E-state index contributed by atoms with van der Waals surface area (Å²) >= 11 is 0. The molecule has 0 amide bonds. The standard InChI is InChI=1S/C11H7F3N2/c12-11(13,14)9-5-3-8(4-6-9)10(16)2-1-7-15/h1-6,16H/b2-1-,16-10?. The van der Waals surface area contributed by atoms with Gasteiger partial charge in [0, 0.05) is 6.08 Å². The van der Waals surface area contributed by atoms with Crippen molar-refractivity contribution in [3.05, 3.63) is 47.5 Å². The second-order valence-corrected chi connectivity index (χ2v) is 2.95. The summed E-state index contributed by atoms with van der Waals surface area (Å²) in [5.41, 5.74) is -0.428. The quantitative estimate of drug-likeness (QED) is 0.608. The number of halogens is 3. The van der Waals surface area contributed by atoms with Gasteiger partial charge in [0.05, 0.1) is 17.3 Å². The normalized spacial score (nSPS) is 11.4. The average Bonchev–Trinajstić information content (AvgIpc) is 2.25. The maximum absolute atomic E-state index is 12.2. The zero-order valence-electron chi connectivity index (χ0n) is 8.05. The summed E-state index contributed by atoms with van der Waals surface area (Å²) in [6, 6.07) is 5.92. The third kappa shape index (κ3) is 2.95. The third-order valence-corrected chi connectivity index (χ3v) is 1.85. The fourth-order valence-corrected chi connectivity index (χ4v) is 1.06. The number of rotatable bonds is 2. The largest absolute Gasteiger partial charge is 0.416 e. The maximum Gasteiger partial charge on any atom is 0.416 e. The van der Waals surface area contributed by atoms with Gasteiger partial charge in [-0.05, 0) is 23.8 Å². The predicted molar refractivity (Wildman–Crippen MR) is 53.0 cm³/mol. The van der Waals surface area contributed by atoms with Crippen LogP contribution in [-0.2, 0) is 6.18 Å². The monoisotopic (exact) mass is 224 g/mol. The highest BCUT2D eigenvalue weighted by Gasteiger charge is 2.29. The van der Waals surface area contributed by atoms with Crippen LogP contribution in [0.5, 0.6) is 0 Å². The van der Waals surface area contributed by atoms with Crippen molar-refractivity contribution in [1.82, 2.24) is 0 Å². The molecule has 0 aliphatic carbocycles. The summed E-state index contributed by atoms with van der Waals surface area (Å²) < 4.78 is 36.6. The minimum absolute atomic E-state index is 0.00438. The topological polar surface area (TPSA) is 47.6 Å². The van der Waals surface area contributed by atoms with Gasteiger partial charge in [0.1, 0.15) is 0 Å². The van der Waals surface area contributed by atoms with Crippen LogP contribution in [0.3, 0.4) is 0 Å². The summed E-state index contributed by atoms with van der Waals surface area (Å²) in [6.45, 7) is 0. The van der Waals surface area contributed by atoms with Crippen LogP contribution in [-0.4, -0.2) is 5.71 Å². The molecule has 2 nitrogen and oxygen atoms in total. The molecule has 0 bridgehead atoms. The Balaban J connectivity index is 2.92. The number of alkyl halides is 3. The van der Waals surface area contributed by atoms with E-state index in [1.54, 1.807) is 6.07 Å². The lowest BCUT2D eigenvalue weighted by Crippen LogP contribution is -2.05. The molecular formula is C11H7F3N2. The van der Waals surface area contributed by atoms with E-state index in [2.05, 4.69) is 0 Å². The average molecular weight is 224 g/mol.